The topological polar surface area (TPSA) is 95.2 Å². The summed E-state index contributed by atoms with van der Waals surface area (Å²) in [7, 11) is 0. The molecule has 0 bridgehead atoms. The highest BCUT2D eigenvalue weighted by molar-refractivity contribution is 14.1. The second kappa shape index (κ2) is 7.74. The number of aliphatic hydroxyl groups is 1. The Morgan fingerprint density at radius 2 is 1.87 bits per heavy atom. The quantitative estimate of drug-likeness (QED) is 0.448. The minimum atomic E-state index is -0.995. The molecule has 0 radical (unpaired) electrons. The highest BCUT2D eigenvalue weighted by atomic mass is 127. The molecule has 1 saturated carbocycles. The van der Waals surface area contributed by atoms with Gasteiger partial charge in [0.25, 0.3) is 0 Å². The normalized spacial score (nSPS) is 21.3. The maximum atomic E-state index is 14.3. The van der Waals surface area contributed by atoms with E-state index >= 15 is 0 Å². The molecule has 2 aromatic rings. The Balaban J connectivity index is 1.98. The van der Waals surface area contributed by atoms with Crippen LogP contribution in [0.15, 0.2) is 24.3 Å². The summed E-state index contributed by atoms with van der Waals surface area (Å²) in [6, 6.07) is 6.80. The first-order valence-corrected chi connectivity index (χ1v) is 10.2. The van der Waals surface area contributed by atoms with Gasteiger partial charge in [-0.05, 0) is 46.9 Å². The summed E-state index contributed by atoms with van der Waals surface area (Å²) in [6.07, 6.45) is -1.34. The summed E-state index contributed by atoms with van der Waals surface area (Å²) in [4.78, 5) is 16.7. The summed E-state index contributed by atoms with van der Waals surface area (Å²) in [5.41, 5.74) is -2.22. The third-order valence-corrected chi connectivity index (χ3v) is 6.14. The summed E-state index contributed by atoms with van der Waals surface area (Å²) < 4.78 is 34.8. The van der Waals surface area contributed by atoms with Crippen molar-refractivity contribution in [1.29, 1.82) is 5.26 Å². The van der Waals surface area contributed by atoms with Gasteiger partial charge in [0, 0.05) is 14.4 Å². The molecule has 2 N–H and O–H groups in total. The van der Waals surface area contributed by atoms with Crippen LogP contribution in [0.5, 0.6) is 0 Å². The first-order valence-electron chi connectivity index (χ1n) is 9.11. The molecule has 1 aromatic heterocycles. The highest BCUT2D eigenvalue weighted by Gasteiger charge is 2.63. The lowest BCUT2D eigenvalue weighted by atomic mass is 9.51. The number of hydrogen-bond donors (Lipinski definition) is 2. The number of nitrogens with zero attached hydrogens (tertiary/aromatic N) is 2. The monoisotopic (exact) mass is 527 g/mol. The van der Waals surface area contributed by atoms with Gasteiger partial charge in [-0.3, -0.25) is 0 Å². The largest absolute Gasteiger partial charge is 0.457 e. The lowest BCUT2D eigenvalue weighted by Crippen LogP contribution is -2.68. The van der Waals surface area contributed by atoms with Crippen LogP contribution < -0.4 is 5.32 Å². The van der Waals surface area contributed by atoms with E-state index in [1.54, 1.807) is 39.8 Å². The number of carbonyl (C=O) groups is 1. The summed E-state index contributed by atoms with van der Waals surface area (Å²) >= 11 is 1.95. The average Bonchev–Trinajstić information content (AvgIpc) is 2.67. The van der Waals surface area contributed by atoms with Gasteiger partial charge < -0.3 is 15.2 Å². The molecule has 158 valence electrons. The Hall–Kier alpha value is -2.32. The van der Waals surface area contributed by atoms with E-state index in [-0.39, 0.29) is 17.1 Å². The van der Waals surface area contributed by atoms with Crippen LogP contribution in [0, 0.1) is 37.4 Å². The predicted molar refractivity (Wildman–Crippen MR) is 114 cm³/mol. The van der Waals surface area contributed by atoms with Crippen LogP contribution in [0.2, 0.25) is 0 Å². The molecule has 0 atom stereocenters. The van der Waals surface area contributed by atoms with Crippen molar-refractivity contribution in [1.82, 2.24) is 4.98 Å². The zero-order chi connectivity index (χ0) is 22.4. The van der Waals surface area contributed by atoms with Crippen LogP contribution in [-0.4, -0.2) is 28.3 Å². The van der Waals surface area contributed by atoms with Crippen molar-refractivity contribution in [3.05, 3.63) is 50.7 Å². The Morgan fingerprint density at radius 1 is 1.23 bits per heavy atom. The molecule has 9 heteroatoms. The molecule has 1 aromatic carbocycles. The van der Waals surface area contributed by atoms with E-state index in [1.807, 2.05) is 22.6 Å². The highest BCUT2D eigenvalue weighted by Crippen LogP contribution is 2.55. The number of anilines is 2. The smallest absolute Gasteiger partial charge is 0.342 e. The summed E-state index contributed by atoms with van der Waals surface area (Å²) in [5, 5.41) is 22.1. The van der Waals surface area contributed by atoms with Crippen LogP contribution >= 0.6 is 22.6 Å². The number of hydrogen-bond acceptors (Lipinski definition) is 6. The molecule has 3 rings (SSSR count). The van der Waals surface area contributed by atoms with Gasteiger partial charge in [-0.15, -0.1) is 0 Å². The number of nitriles is 1. The van der Waals surface area contributed by atoms with Gasteiger partial charge in [-0.1, -0.05) is 27.7 Å². The summed E-state index contributed by atoms with van der Waals surface area (Å²) in [5.74, 6) is -2.69. The van der Waals surface area contributed by atoms with Crippen molar-refractivity contribution in [3.8, 4) is 6.07 Å². The van der Waals surface area contributed by atoms with Crippen molar-refractivity contribution in [3.63, 3.8) is 0 Å². The van der Waals surface area contributed by atoms with Crippen LogP contribution in [0.25, 0.3) is 0 Å². The second-order valence-corrected chi connectivity index (χ2v) is 9.65. The first kappa shape index (κ1) is 22.4. The van der Waals surface area contributed by atoms with Crippen molar-refractivity contribution in [2.45, 2.75) is 39.9 Å². The molecule has 30 heavy (non-hydrogen) atoms. The van der Waals surface area contributed by atoms with Crippen molar-refractivity contribution in [2.75, 3.05) is 5.32 Å². The van der Waals surface area contributed by atoms with E-state index in [0.29, 0.717) is 3.57 Å². The molecule has 1 aliphatic carbocycles. The maximum absolute atomic E-state index is 14.3. The maximum Gasteiger partial charge on any atom is 0.342 e. The molecule has 0 aliphatic heterocycles. The number of ether oxygens (including phenoxy) is 1. The Morgan fingerprint density at radius 3 is 2.43 bits per heavy atom. The molecular formula is C21H20F2IN3O3. The number of aliphatic hydroxyl groups excluding tert-OH is 1. The third kappa shape index (κ3) is 3.74. The SMILES string of the molecule is CC1(C)C(O)C(C)(C)C1OC(=O)c1cc(F)c(C#N)nc1Nc1ccc(I)cc1F. The average molecular weight is 527 g/mol. The molecule has 1 aliphatic rings. The van der Waals surface area contributed by atoms with Gasteiger partial charge >= 0.3 is 5.97 Å². The number of carbonyl (C=O) groups excluding carboxylic acids is 1. The van der Waals surface area contributed by atoms with Gasteiger partial charge in [0.15, 0.2) is 11.5 Å². The Kier molecular flexibility index (Phi) is 5.77. The number of pyridine rings is 1. The molecule has 0 saturated heterocycles. The number of aromatic nitrogens is 1. The number of benzene rings is 1. The lowest BCUT2D eigenvalue weighted by Gasteiger charge is -2.60. The van der Waals surface area contributed by atoms with E-state index in [2.05, 4.69) is 10.3 Å². The minimum Gasteiger partial charge on any atom is -0.457 e. The number of esters is 1. The minimum absolute atomic E-state index is 0.00666. The second-order valence-electron chi connectivity index (χ2n) is 8.41. The summed E-state index contributed by atoms with van der Waals surface area (Å²) in [6.45, 7) is 7.05. The first-order chi connectivity index (χ1) is 13.9. The number of halogens is 3. The standard InChI is InChI=1S/C21H20F2IN3O3/c1-20(2)18(29)21(3,4)19(20)30-17(28)11-8-13(23)15(9-25)27-16(11)26-14-6-5-10(24)7-12(14)22/h5-8,18-19,29H,1-4H3,(H,26,27). The molecule has 0 spiro atoms. The number of rotatable bonds is 4. The van der Waals surface area contributed by atoms with Crippen LogP contribution in [0.4, 0.5) is 20.3 Å². The predicted octanol–water partition coefficient (Wildman–Crippen LogP) is 4.53. The van der Waals surface area contributed by atoms with E-state index in [0.717, 1.165) is 6.07 Å². The van der Waals surface area contributed by atoms with Crippen LogP contribution in [0.3, 0.4) is 0 Å². The van der Waals surface area contributed by atoms with Crippen molar-refractivity contribution < 1.29 is 23.4 Å². The Bertz CT molecular complexity index is 1050. The lowest BCUT2D eigenvalue weighted by molar-refractivity contribution is -0.246. The fourth-order valence-electron chi connectivity index (χ4n) is 4.12. The third-order valence-electron chi connectivity index (χ3n) is 5.47. The van der Waals surface area contributed by atoms with Crippen LogP contribution in [0.1, 0.15) is 43.7 Å². The number of nitrogens with one attached hydrogen (secondary N) is 1. The van der Waals surface area contributed by atoms with Gasteiger partial charge in [-0.25, -0.2) is 18.6 Å². The molecule has 0 amide bonds. The van der Waals surface area contributed by atoms with Gasteiger partial charge in [0.1, 0.15) is 29.4 Å². The van der Waals surface area contributed by atoms with Gasteiger partial charge in [0.2, 0.25) is 0 Å². The fraction of sp³-hybridized carbons (Fsp3) is 0.381. The van der Waals surface area contributed by atoms with Crippen LogP contribution in [-0.2, 0) is 4.74 Å². The Labute approximate surface area is 186 Å². The van der Waals surface area contributed by atoms with Gasteiger partial charge in [0.05, 0.1) is 11.8 Å². The van der Waals surface area contributed by atoms with E-state index in [9.17, 15) is 18.7 Å². The van der Waals surface area contributed by atoms with Gasteiger partial charge in [-0.2, -0.15) is 5.26 Å². The molecule has 1 heterocycles. The van der Waals surface area contributed by atoms with E-state index < -0.39 is 46.3 Å². The van der Waals surface area contributed by atoms with E-state index in [1.165, 1.54) is 12.1 Å². The zero-order valence-corrected chi connectivity index (χ0v) is 18.9. The molecule has 1 fully saturated rings. The zero-order valence-electron chi connectivity index (χ0n) is 16.8. The molecule has 6 nitrogen and oxygen atoms in total. The molecular weight excluding hydrogens is 507 g/mol. The van der Waals surface area contributed by atoms with E-state index in [4.69, 9.17) is 10.00 Å². The fourth-order valence-corrected chi connectivity index (χ4v) is 4.57. The molecule has 0 unspecified atom stereocenters. The van der Waals surface area contributed by atoms with Crippen molar-refractivity contribution >= 4 is 40.1 Å². The van der Waals surface area contributed by atoms with Crippen molar-refractivity contribution in [2.24, 2.45) is 10.8 Å².